The molecule has 3 rings (SSSR count). The van der Waals surface area contributed by atoms with Crippen LogP contribution in [-0.2, 0) is 0 Å². The number of fused-ring (bicyclic) bond motifs is 3. The second kappa shape index (κ2) is 6.34. The fourth-order valence-electron chi connectivity index (χ4n) is 2.87. The first-order valence-electron chi connectivity index (χ1n) is 7.79. The van der Waals surface area contributed by atoms with E-state index in [9.17, 15) is 9.59 Å². The zero-order valence-electron chi connectivity index (χ0n) is 13.4. The molecule has 1 N–H and O–H groups in total. The molecular weight excluding hydrogens is 288 g/mol. The molecule has 0 saturated heterocycles. The molecule has 0 aliphatic heterocycles. The van der Waals surface area contributed by atoms with Gasteiger partial charge in [0.25, 0.3) is 5.91 Å². The smallest absolute Gasteiger partial charge is 0.251 e. The molecule has 0 fully saturated rings. The quantitative estimate of drug-likeness (QED) is 0.737. The predicted octanol–water partition coefficient (Wildman–Crippen LogP) is 2.58. The molecule has 0 bridgehead atoms. The van der Waals surface area contributed by atoms with E-state index >= 15 is 0 Å². The second-order valence-corrected chi connectivity index (χ2v) is 6.05. The Kier molecular flexibility index (Phi) is 4.26. The number of carbonyl (C=O) groups is 2. The Balaban J connectivity index is 1.75. The Morgan fingerprint density at radius 3 is 2.43 bits per heavy atom. The Morgan fingerprint density at radius 2 is 1.70 bits per heavy atom. The molecule has 4 heteroatoms. The van der Waals surface area contributed by atoms with E-state index in [1.54, 1.807) is 12.1 Å². The van der Waals surface area contributed by atoms with Crippen LogP contribution in [0.2, 0.25) is 0 Å². The average molecular weight is 308 g/mol. The molecule has 1 aliphatic rings. The van der Waals surface area contributed by atoms with Crippen LogP contribution in [0.5, 0.6) is 0 Å². The van der Waals surface area contributed by atoms with Gasteiger partial charge in [0.2, 0.25) is 0 Å². The molecule has 1 amide bonds. The maximum atomic E-state index is 12.5. The van der Waals surface area contributed by atoms with Crippen molar-refractivity contribution in [3.63, 3.8) is 0 Å². The molecule has 2 aromatic rings. The molecular formula is C19H20N2O2. The van der Waals surface area contributed by atoms with Crippen LogP contribution in [0.1, 0.15) is 32.7 Å². The topological polar surface area (TPSA) is 49.4 Å². The number of amides is 1. The van der Waals surface area contributed by atoms with E-state index in [-0.39, 0.29) is 11.7 Å². The maximum absolute atomic E-state index is 12.5. The molecule has 23 heavy (non-hydrogen) atoms. The van der Waals surface area contributed by atoms with Gasteiger partial charge in [-0.05, 0) is 50.3 Å². The van der Waals surface area contributed by atoms with Gasteiger partial charge in [-0.3, -0.25) is 9.59 Å². The summed E-state index contributed by atoms with van der Waals surface area (Å²) in [4.78, 5) is 26.8. The number of benzene rings is 2. The molecule has 1 aliphatic carbocycles. The van der Waals surface area contributed by atoms with E-state index in [0.717, 1.165) is 24.1 Å². The van der Waals surface area contributed by atoms with Crippen LogP contribution < -0.4 is 5.32 Å². The largest absolute Gasteiger partial charge is 0.352 e. The van der Waals surface area contributed by atoms with Crippen LogP contribution in [0.25, 0.3) is 11.1 Å². The minimum absolute atomic E-state index is 0.00198. The van der Waals surface area contributed by atoms with E-state index in [1.807, 2.05) is 44.4 Å². The highest BCUT2D eigenvalue weighted by atomic mass is 16.1. The van der Waals surface area contributed by atoms with Crippen molar-refractivity contribution in [2.24, 2.45) is 0 Å². The van der Waals surface area contributed by atoms with Crippen molar-refractivity contribution in [3.8, 4) is 11.1 Å². The van der Waals surface area contributed by atoms with Gasteiger partial charge in [-0.2, -0.15) is 0 Å². The number of hydrogen-bond donors (Lipinski definition) is 1. The third kappa shape index (κ3) is 3.03. The predicted molar refractivity (Wildman–Crippen MR) is 90.8 cm³/mol. The second-order valence-electron chi connectivity index (χ2n) is 6.05. The molecule has 2 aromatic carbocycles. The zero-order chi connectivity index (χ0) is 16.4. The standard InChI is InChI=1S/C19H20N2O2/c1-21(2)11-5-10-20-19(23)13-8-9-15-14-6-3-4-7-16(14)18(22)17(15)12-13/h3-4,6-9,12H,5,10-11H2,1-2H3,(H,20,23). The van der Waals surface area contributed by atoms with Gasteiger partial charge in [0, 0.05) is 23.2 Å². The lowest BCUT2D eigenvalue weighted by Crippen LogP contribution is -2.27. The normalized spacial score (nSPS) is 12.2. The van der Waals surface area contributed by atoms with Gasteiger partial charge >= 0.3 is 0 Å². The van der Waals surface area contributed by atoms with Crippen molar-refractivity contribution in [3.05, 3.63) is 59.2 Å². The van der Waals surface area contributed by atoms with Crippen molar-refractivity contribution in [1.82, 2.24) is 10.2 Å². The van der Waals surface area contributed by atoms with Gasteiger partial charge in [-0.1, -0.05) is 30.3 Å². The molecule has 0 unspecified atom stereocenters. The van der Waals surface area contributed by atoms with E-state index in [2.05, 4.69) is 10.2 Å². The molecule has 0 heterocycles. The first-order valence-corrected chi connectivity index (χ1v) is 7.79. The molecule has 0 atom stereocenters. The van der Waals surface area contributed by atoms with Crippen LogP contribution in [0, 0.1) is 0 Å². The molecule has 118 valence electrons. The Labute approximate surface area is 136 Å². The summed E-state index contributed by atoms with van der Waals surface area (Å²) in [6, 6.07) is 12.9. The summed E-state index contributed by atoms with van der Waals surface area (Å²) >= 11 is 0. The summed E-state index contributed by atoms with van der Waals surface area (Å²) < 4.78 is 0. The fourth-order valence-corrected chi connectivity index (χ4v) is 2.87. The Morgan fingerprint density at radius 1 is 1.00 bits per heavy atom. The van der Waals surface area contributed by atoms with E-state index in [1.165, 1.54) is 0 Å². The fraction of sp³-hybridized carbons (Fsp3) is 0.263. The Bertz CT molecular complexity index is 766. The van der Waals surface area contributed by atoms with Gasteiger partial charge in [-0.25, -0.2) is 0 Å². The van der Waals surface area contributed by atoms with E-state index < -0.39 is 0 Å². The first-order chi connectivity index (χ1) is 11.1. The van der Waals surface area contributed by atoms with Crippen LogP contribution in [0.4, 0.5) is 0 Å². The monoisotopic (exact) mass is 308 g/mol. The SMILES string of the molecule is CN(C)CCCNC(=O)c1ccc2c(c1)C(=O)c1ccccc1-2. The number of carbonyl (C=O) groups excluding carboxylic acids is 2. The third-order valence-electron chi connectivity index (χ3n) is 4.06. The van der Waals surface area contributed by atoms with E-state index in [4.69, 9.17) is 0 Å². The lowest BCUT2D eigenvalue weighted by molar-refractivity contribution is 0.0952. The lowest BCUT2D eigenvalue weighted by atomic mass is 10.0. The van der Waals surface area contributed by atoms with Gasteiger partial charge in [0.05, 0.1) is 0 Å². The maximum Gasteiger partial charge on any atom is 0.251 e. The minimum Gasteiger partial charge on any atom is -0.352 e. The third-order valence-corrected chi connectivity index (χ3v) is 4.06. The molecule has 0 saturated carbocycles. The number of nitrogens with zero attached hydrogens (tertiary/aromatic N) is 1. The summed E-state index contributed by atoms with van der Waals surface area (Å²) in [5, 5.41) is 2.90. The lowest BCUT2D eigenvalue weighted by Gasteiger charge is -2.10. The zero-order valence-corrected chi connectivity index (χ0v) is 13.4. The Hall–Kier alpha value is -2.46. The number of nitrogens with one attached hydrogen (secondary N) is 1. The molecule has 4 nitrogen and oxygen atoms in total. The molecule has 0 radical (unpaired) electrons. The number of hydrogen-bond acceptors (Lipinski definition) is 3. The molecule has 0 aromatic heterocycles. The highest BCUT2D eigenvalue weighted by Crippen LogP contribution is 2.36. The average Bonchev–Trinajstić information content (AvgIpc) is 2.84. The van der Waals surface area contributed by atoms with Crippen LogP contribution in [-0.4, -0.2) is 43.8 Å². The number of rotatable bonds is 5. The van der Waals surface area contributed by atoms with Crippen molar-refractivity contribution in [2.45, 2.75) is 6.42 Å². The minimum atomic E-state index is -0.129. The van der Waals surface area contributed by atoms with Crippen molar-refractivity contribution >= 4 is 11.7 Å². The van der Waals surface area contributed by atoms with Crippen molar-refractivity contribution < 1.29 is 9.59 Å². The van der Waals surface area contributed by atoms with Crippen molar-refractivity contribution in [2.75, 3.05) is 27.2 Å². The summed E-state index contributed by atoms with van der Waals surface area (Å²) in [6.45, 7) is 1.56. The van der Waals surface area contributed by atoms with Crippen LogP contribution in [0.3, 0.4) is 0 Å². The number of ketones is 1. The van der Waals surface area contributed by atoms with Gasteiger partial charge in [0.1, 0.15) is 0 Å². The summed E-state index contributed by atoms with van der Waals surface area (Å²) in [6.07, 6.45) is 0.897. The van der Waals surface area contributed by atoms with Crippen molar-refractivity contribution in [1.29, 1.82) is 0 Å². The van der Waals surface area contributed by atoms with E-state index in [0.29, 0.717) is 23.2 Å². The van der Waals surface area contributed by atoms with Gasteiger partial charge < -0.3 is 10.2 Å². The van der Waals surface area contributed by atoms with Gasteiger partial charge in [-0.15, -0.1) is 0 Å². The summed E-state index contributed by atoms with van der Waals surface area (Å²) in [5.74, 6) is -0.131. The van der Waals surface area contributed by atoms with Crippen LogP contribution in [0.15, 0.2) is 42.5 Å². The highest BCUT2D eigenvalue weighted by Gasteiger charge is 2.26. The summed E-state index contributed by atoms with van der Waals surface area (Å²) in [7, 11) is 4.01. The van der Waals surface area contributed by atoms with Gasteiger partial charge in [0.15, 0.2) is 5.78 Å². The summed E-state index contributed by atoms with van der Waals surface area (Å²) in [5.41, 5.74) is 3.73. The van der Waals surface area contributed by atoms with Crippen LogP contribution >= 0.6 is 0 Å². The molecule has 0 spiro atoms. The highest BCUT2D eigenvalue weighted by molar-refractivity contribution is 6.22. The first kappa shape index (κ1) is 15.4.